The molecule has 0 aromatic carbocycles. The Labute approximate surface area is 151 Å². The van der Waals surface area contributed by atoms with Gasteiger partial charge in [0, 0.05) is 0 Å². The Kier molecular flexibility index (Phi) is 8.71. The predicted octanol–water partition coefficient (Wildman–Crippen LogP) is 2.90. The number of rotatable bonds is 11. The van der Waals surface area contributed by atoms with Gasteiger partial charge in [-0.25, -0.2) is 9.59 Å². The van der Waals surface area contributed by atoms with E-state index in [-0.39, 0.29) is 37.9 Å². The van der Waals surface area contributed by atoms with Crippen molar-refractivity contribution >= 4 is 25.3 Å². The molecule has 0 radical (unpaired) electrons. The van der Waals surface area contributed by atoms with E-state index in [1.54, 1.807) is 20.8 Å². The van der Waals surface area contributed by atoms with Gasteiger partial charge in [-0.3, -0.25) is 9.36 Å². The third-order valence-corrected chi connectivity index (χ3v) is 5.39. The van der Waals surface area contributed by atoms with E-state index in [0.717, 1.165) is 0 Å². The third-order valence-electron chi connectivity index (χ3n) is 3.03. The summed E-state index contributed by atoms with van der Waals surface area (Å²) in [6, 6.07) is 2.50. The van der Waals surface area contributed by atoms with Gasteiger partial charge in [0.05, 0.1) is 26.4 Å². The second-order valence-electron chi connectivity index (χ2n) is 4.79. The van der Waals surface area contributed by atoms with E-state index in [1.807, 2.05) is 0 Å². The van der Waals surface area contributed by atoms with Gasteiger partial charge in [-0.1, -0.05) is 0 Å². The van der Waals surface area contributed by atoms with Crippen molar-refractivity contribution in [1.82, 2.24) is 0 Å². The van der Waals surface area contributed by atoms with Gasteiger partial charge in [-0.2, -0.15) is 0 Å². The largest absolute Gasteiger partial charge is 0.460 e. The Balaban J connectivity index is 3.36. The summed E-state index contributed by atoms with van der Waals surface area (Å²) in [5, 5.41) is 0. The van der Waals surface area contributed by atoms with Crippen LogP contribution in [0.4, 0.5) is 0 Å². The lowest BCUT2D eigenvalue weighted by Crippen LogP contribution is -2.26. The lowest BCUT2D eigenvalue weighted by Gasteiger charge is -2.23. The third kappa shape index (κ3) is 5.27. The molecular formula is C16H23O9P. The molecule has 1 atom stereocenters. The molecule has 1 unspecified atom stereocenters. The zero-order valence-electron chi connectivity index (χ0n) is 15.2. The highest BCUT2D eigenvalue weighted by atomic mass is 31.2. The summed E-state index contributed by atoms with van der Waals surface area (Å²) in [4.78, 5) is 36.2. The van der Waals surface area contributed by atoms with Crippen molar-refractivity contribution in [2.75, 3.05) is 26.4 Å². The minimum Gasteiger partial charge on any atom is -0.460 e. The van der Waals surface area contributed by atoms with Crippen LogP contribution in [0.2, 0.25) is 0 Å². The molecule has 0 aliphatic rings. The summed E-state index contributed by atoms with van der Waals surface area (Å²) in [6.45, 7) is 6.27. The molecule has 0 saturated carbocycles. The number of carbonyl (C=O) groups excluding carboxylic acids is 3. The van der Waals surface area contributed by atoms with Crippen LogP contribution in [0.15, 0.2) is 16.5 Å². The van der Waals surface area contributed by atoms with E-state index in [9.17, 15) is 18.9 Å². The van der Waals surface area contributed by atoms with Crippen molar-refractivity contribution in [3.05, 3.63) is 23.7 Å². The molecule has 10 heteroatoms. The zero-order valence-corrected chi connectivity index (χ0v) is 16.1. The molecule has 1 rings (SSSR count). The summed E-state index contributed by atoms with van der Waals surface area (Å²) in [5.41, 5.74) is -1.69. The first-order valence-corrected chi connectivity index (χ1v) is 9.82. The van der Waals surface area contributed by atoms with E-state index < -0.39 is 31.0 Å². The van der Waals surface area contributed by atoms with Gasteiger partial charge >= 0.3 is 19.5 Å². The standard InChI is InChI=1S/C16H23O9P/c1-5-21-15(18)12-10-9-11(25-12)14(13(17)16(19)22-6-2)26(20,23-7-3)24-8-4/h9-10,14H,5-8H2,1-4H3. The second-order valence-corrected chi connectivity index (χ2v) is 6.90. The molecule has 0 amide bonds. The Morgan fingerprint density at radius 1 is 0.962 bits per heavy atom. The van der Waals surface area contributed by atoms with Crippen LogP contribution in [0, 0.1) is 0 Å². The number of carbonyl (C=O) groups is 3. The maximum Gasteiger partial charge on any atom is 0.376 e. The molecule has 0 N–H and O–H groups in total. The molecule has 146 valence electrons. The molecule has 0 saturated heterocycles. The smallest absolute Gasteiger partial charge is 0.376 e. The van der Waals surface area contributed by atoms with Crippen molar-refractivity contribution in [1.29, 1.82) is 0 Å². The number of furan rings is 1. The van der Waals surface area contributed by atoms with Crippen LogP contribution >= 0.6 is 7.60 Å². The number of esters is 2. The molecule has 0 aliphatic carbocycles. The number of ketones is 1. The van der Waals surface area contributed by atoms with Crippen molar-refractivity contribution in [2.45, 2.75) is 33.4 Å². The fourth-order valence-electron chi connectivity index (χ4n) is 2.10. The van der Waals surface area contributed by atoms with Crippen LogP contribution in [0.25, 0.3) is 0 Å². The minimum atomic E-state index is -4.11. The molecule has 26 heavy (non-hydrogen) atoms. The summed E-state index contributed by atoms with van der Waals surface area (Å²) < 4.78 is 38.3. The number of hydrogen-bond acceptors (Lipinski definition) is 9. The highest BCUT2D eigenvalue weighted by Gasteiger charge is 2.47. The second kappa shape index (κ2) is 10.3. The van der Waals surface area contributed by atoms with Gasteiger partial charge in [0.15, 0.2) is 5.66 Å². The first kappa shape index (κ1) is 22.1. The van der Waals surface area contributed by atoms with Crippen LogP contribution in [0.5, 0.6) is 0 Å². The first-order chi connectivity index (χ1) is 12.3. The fourth-order valence-corrected chi connectivity index (χ4v) is 4.04. The van der Waals surface area contributed by atoms with Gasteiger partial charge in [0.25, 0.3) is 5.78 Å². The lowest BCUT2D eigenvalue weighted by atomic mass is 10.2. The Hall–Kier alpha value is -1.96. The Bertz CT molecular complexity index is 669. The lowest BCUT2D eigenvalue weighted by molar-refractivity contribution is -0.153. The summed E-state index contributed by atoms with van der Waals surface area (Å²) in [5.74, 6) is -3.53. The van der Waals surface area contributed by atoms with Gasteiger partial charge < -0.3 is 22.9 Å². The van der Waals surface area contributed by atoms with Crippen LogP contribution < -0.4 is 0 Å². The first-order valence-electron chi connectivity index (χ1n) is 8.21. The summed E-state index contributed by atoms with van der Waals surface area (Å²) >= 11 is 0. The maximum atomic E-state index is 13.1. The van der Waals surface area contributed by atoms with Crippen LogP contribution in [0.1, 0.15) is 49.7 Å². The van der Waals surface area contributed by atoms with Crippen molar-refractivity contribution < 1.29 is 41.9 Å². The number of ether oxygens (including phenoxy) is 2. The van der Waals surface area contributed by atoms with E-state index in [0.29, 0.717) is 0 Å². The molecule has 0 aliphatic heterocycles. The van der Waals surface area contributed by atoms with E-state index >= 15 is 0 Å². The number of Topliss-reactive ketones (excluding diaryl/α,β-unsaturated/α-hetero) is 1. The van der Waals surface area contributed by atoms with Crippen molar-refractivity contribution in [3.63, 3.8) is 0 Å². The van der Waals surface area contributed by atoms with Crippen molar-refractivity contribution in [3.8, 4) is 0 Å². The maximum absolute atomic E-state index is 13.1. The SMILES string of the molecule is CCOC(=O)C(=O)C(c1ccc(C(=O)OCC)o1)P(=O)(OCC)OCC. The van der Waals surface area contributed by atoms with Gasteiger partial charge in [-0.15, -0.1) is 0 Å². The van der Waals surface area contributed by atoms with E-state index in [1.165, 1.54) is 19.1 Å². The minimum absolute atomic E-state index is 0.0324. The Morgan fingerprint density at radius 3 is 2.04 bits per heavy atom. The average Bonchev–Trinajstić information content (AvgIpc) is 3.05. The number of hydrogen-bond donors (Lipinski definition) is 0. The van der Waals surface area contributed by atoms with Crippen molar-refractivity contribution in [2.24, 2.45) is 0 Å². The molecule has 1 aromatic rings. The highest BCUT2D eigenvalue weighted by Crippen LogP contribution is 2.61. The predicted molar refractivity (Wildman–Crippen MR) is 89.9 cm³/mol. The quantitative estimate of drug-likeness (QED) is 0.319. The average molecular weight is 390 g/mol. The molecule has 1 heterocycles. The summed E-state index contributed by atoms with van der Waals surface area (Å²) in [6.07, 6.45) is 0. The van der Waals surface area contributed by atoms with Gasteiger partial charge in [-0.05, 0) is 39.8 Å². The van der Waals surface area contributed by atoms with Crippen LogP contribution in [0.3, 0.4) is 0 Å². The molecule has 9 nitrogen and oxygen atoms in total. The van der Waals surface area contributed by atoms with E-state index in [4.69, 9.17) is 22.9 Å². The molecule has 0 bridgehead atoms. The fraction of sp³-hybridized carbons (Fsp3) is 0.562. The molecule has 0 spiro atoms. The van der Waals surface area contributed by atoms with Gasteiger partial charge in [0.1, 0.15) is 5.76 Å². The zero-order chi connectivity index (χ0) is 19.7. The normalized spacial score (nSPS) is 12.5. The van der Waals surface area contributed by atoms with Gasteiger partial charge in [0.2, 0.25) is 5.76 Å². The molecule has 1 aromatic heterocycles. The molecular weight excluding hydrogens is 367 g/mol. The van der Waals surface area contributed by atoms with Crippen LogP contribution in [-0.4, -0.2) is 44.1 Å². The topological polar surface area (TPSA) is 118 Å². The Morgan fingerprint density at radius 2 is 1.54 bits per heavy atom. The molecule has 0 fully saturated rings. The van der Waals surface area contributed by atoms with Crippen LogP contribution in [-0.2, 0) is 32.7 Å². The van der Waals surface area contributed by atoms with E-state index in [2.05, 4.69) is 0 Å². The summed E-state index contributed by atoms with van der Waals surface area (Å²) in [7, 11) is -4.11. The highest BCUT2D eigenvalue weighted by molar-refractivity contribution is 7.55. The monoisotopic (exact) mass is 390 g/mol.